The first-order valence-electron chi connectivity index (χ1n) is 7.54. The zero-order valence-corrected chi connectivity index (χ0v) is 13.1. The maximum Gasteiger partial charge on any atom is 0.329 e. The first-order chi connectivity index (χ1) is 11.0. The molecule has 1 atom stereocenters. The Morgan fingerprint density at radius 3 is 2.57 bits per heavy atom. The van der Waals surface area contributed by atoms with Crippen LogP contribution in [0.15, 0.2) is 24.3 Å². The number of piperazine rings is 1. The first-order valence-corrected chi connectivity index (χ1v) is 7.54. The third-order valence-electron chi connectivity index (χ3n) is 4.00. The predicted octanol–water partition coefficient (Wildman–Crippen LogP) is 1.13. The van der Waals surface area contributed by atoms with Gasteiger partial charge in [-0.15, -0.1) is 0 Å². The fraction of sp³-hybridized carbons (Fsp3) is 0.500. The summed E-state index contributed by atoms with van der Waals surface area (Å²) < 4.78 is 18.1. The molecule has 1 fully saturated rings. The average Bonchev–Trinajstić information content (AvgIpc) is 2.54. The zero-order chi connectivity index (χ0) is 16.8. The third-order valence-corrected chi connectivity index (χ3v) is 4.00. The lowest BCUT2D eigenvalue weighted by molar-refractivity contribution is -0.146. The van der Waals surface area contributed by atoms with Crippen molar-refractivity contribution in [1.82, 2.24) is 9.80 Å². The van der Waals surface area contributed by atoms with E-state index < -0.39 is 12.6 Å². The number of halogens is 1. The summed E-state index contributed by atoms with van der Waals surface area (Å²) in [4.78, 5) is 26.1. The molecule has 1 aliphatic heterocycles. The maximum absolute atomic E-state index is 13.3. The lowest BCUT2D eigenvalue weighted by Crippen LogP contribution is -2.50. The fourth-order valence-electron chi connectivity index (χ4n) is 2.65. The Morgan fingerprint density at radius 1 is 1.26 bits per heavy atom. The summed E-state index contributed by atoms with van der Waals surface area (Å²) >= 11 is 0. The molecule has 1 heterocycles. The van der Waals surface area contributed by atoms with Gasteiger partial charge in [0.25, 0.3) is 0 Å². The number of carbonyl (C=O) groups is 2. The predicted molar refractivity (Wildman–Crippen MR) is 81.4 cm³/mol. The normalized spacial score (nSPS) is 17.0. The number of ether oxygens (including phenoxy) is 1. The van der Waals surface area contributed by atoms with Crippen LogP contribution in [0.3, 0.4) is 0 Å². The molecule has 6 nitrogen and oxygen atoms in total. The van der Waals surface area contributed by atoms with E-state index in [-0.39, 0.29) is 24.4 Å². The number of benzene rings is 1. The lowest BCUT2D eigenvalue weighted by Gasteiger charge is -2.38. The third kappa shape index (κ3) is 5.01. The van der Waals surface area contributed by atoms with Gasteiger partial charge in [0.05, 0.1) is 0 Å². The summed E-state index contributed by atoms with van der Waals surface area (Å²) in [5, 5.41) is 8.48. The van der Waals surface area contributed by atoms with E-state index in [9.17, 15) is 14.0 Å². The van der Waals surface area contributed by atoms with Crippen LogP contribution in [0.4, 0.5) is 4.39 Å². The molecular formula is C16H21FN2O4. The van der Waals surface area contributed by atoms with Crippen LogP contribution in [0.25, 0.3) is 0 Å². The largest absolute Gasteiger partial charge is 0.480 e. The second-order valence-corrected chi connectivity index (χ2v) is 5.53. The minimum absolute atomic E-state index is 0.0752. The number of hydrogen-bond donors (Lipinski definition) is 1. The van der Waals surface area contributed by atoms with Gasteiger partial charge < -0.3 is 14.7 Å². The van der Waals surface area contributed by atoms with Crippen molar-refractivity contribution < 1.29 is 23.8 Å². The summed E-state index contributed by atoms with van der Waals surface area (Å²) in [6.45, 7) is 3.80. The minimum atomic E-state index is -1.09. The van der Waals surface area contributed by atoms with E-state index >= 15 is 0 Å². The van der Waals surface area contributed by atoms with Crippen molar-refractivity contribution in [3.8, 4) is 0 Å². The summed E-state index contributed by atoms with van der Waals surface area (Å²) in [6.07, 6.45) is 0. The molecule has 1 unspecified atom stereocenters. The van der Waals surface area contributed by atoms with Crippen molar-refractivity contribution in [3.05, 3.63) is 35.6 Å². The number of hydrogen-bond acceptors (Lipinski definition) is 4. The van der Waals surface area contributed by atoms with Crippen LogP contribution >= 0.6 is 0 Å². The van der Waals surface area contributed by atoms with Gasteiger partial charge in [0.1, 0.15) is 19.0 Å². The molecule has 1 aromatic carbocycles. The molecule has 0 bridgehead atoms. The van der Waals surface area contributed by atoms with Gasteiger partial charge in [-0.2, -0.15) is 0 Å². The van der Waals surface area contributed by atoms with Crippen molar-refractivity contribution in [2.45, 2.75) is 13.0 Å². The number of carboxylic acid groups (broad SMARTS) is 1. The highest BCUT2D eigenvalue weighted by Gasteiger charge is 2.24. The standard InChI is InChI=1S/C16H21FN2O4/c1-12(13-3-2-4-14(17)9-13)18-5-7-19(8-6-18)15(20)10-23-11-16(21)22/h2-4,9,12H,5-8,10-11H2,1H3,(H,21,22). The Balaban J connectivity index is 1.81. The van der Waals surface area contributed by atoms with E-state index in [4.69, 9.17) is 9.84 Å². The van der Waals surface area contributed by atoms with Crippen molar-refractivity contribution in [3.63, 3.8) is 0 Å². The van der Waals surface area contributed by atoms with Crippen LogP contribution in [0.1, 0.15) is 18.5 Å². The molecule has 0 spiro atoms. The molecular weight excluding hydrogens is 303 g/mol. The SMILES string of the molecule is CC(c1cccc(F)c1)N1CCN(C(=O)COCC(=O)O)CC1. The van der Waals surface area contributed by atoms with Crippen LogP contribution in [-0.4, -0.2) is 66.2 Å². The molecule has 0 aliphatic carbocycles. The lowest BCUT2D eigenvalue weighted by atomic mass is 10.1. The Morgan fingerprint density at radius 2 is 1.96 bits per heavy atom. The van der Waals surface area contributed by atoms with Gasteiger partial charge in [0.2, 0.25) is 5.91 Å². The quantitative estimate of drug-likeness (QED) is 0.849. The Labute approximate surface area is 134 Å². The van der Waals surface area contributed by atoms with E-state index in [1.807, 2.05) is 13.0 Å². The Kier molecular flexibility index (Phi) is 6.06. The van der Waals surface area contributed by atoms with Gasteiger partial charge >= 0.3 is 5.97 Å². The second-order valence-electron chi connectivity index (χ2n) is 5.53. The van der Waals surface area contributed by atoms with Gasteiger partial charge in [-0.05, 0) is 24.6 Å². The molecule has 23 heavy (non-hydrogen) atoms. The number of aliphatic carboxylic acids is 1. The van der Waals surface area contributed by atoms with E-state index in [2.05, 4.69) is 4.90 Å². The van der Waals surface area contributed by atoms with Crippen LogP contribution in [0.5, 0.6) is 0 Å². The average molecular weight is 324 g/mol. The van der Waals surface area contributed by atoms with Gasteiger partial charge in [0, 0.05) is 32.2 Å². The molecule has 1 aliphatic rings. The highest BCUT2D eigenvalue weighted by atomic mass is 19.1. The van der Waals surface area contributed by atoms with Crippen LogP contribution in [0, 0.1) is 5.82 Å². The molecule has 126 valence electrons. The Hall–Kier alpha value is -1.99. The summed E-state index contributed by atoms with van der Waals surface area (Å²) in [7, 11) is 0. The highest BCUT2D eigenvalue weighted by molar-refractivity contribution is 5.78. The molecule has 1 aromatic rings. The monoisotopic (exact) mass is 324 g/mol. The maximum atomic E-state index is 13.3. The Bertz CT molecular complexity index is 559. The molecule has 0 radical (unpaired) electrons. The molecule has 2 rings (SSSR count). The van der Waals surface area contributed by atoms with Crippen molar-refractivity contribution in [2.24, 2.45) is 0 Å². The van der Waals surface area contributed by atoms with Crippen molar-refractivity contribution >= 4 is 11.9 Å². The summed E-state index contributed by atoms with van der Waals surface area (Å²) in [6, 6.07) is 6.61. The molecule has 1 saturated heterocycles. The summed E-state index contributed by atoms with van der Waals surface area (Å²) in [5.74, 6) is -1.55. The van der Waals surface area contributed by atoms with E-state index in [1.54, 1.807) is 11.0 Å². The minimum Gasteiger partial charge on any atom is -0.480 e. The molecule has 0 saturated carbocycles. The highest BCUT2D eigenvalue weighted by Crippen LogP contribution is 2.22. The second kappa shape index (κ2) is 8.03. The van der Waals surface area contributed by atoms with Gasteiger partial charge in [-0.3, -0.25) is 9.69 Å². The number of carboxylic acids is 1. The first kappa shape index (κ1) is 17.4. The number of nitrogens with zero attached hydrogens (tertiary/aromatic N) is 2. The van der Waals surface area contributed by atoms with E-state index in [0.29, 0.717) is 26.2 Å². The topological polar surface area (TPSA) is 70.1 Å². The van der Waals surface area contributed by atoms with E-state index in [0.717, 1.165) is 5.56 Å². The smallest absolute Gasteiger partial charge is 0.329 e. The number of rotatable bonds is 6. The van der Waals surface area contributed by atoms with Crippen molar-refractivity contribution in [2.75, 3.05) is 39.4 Å². The molecule has 0 aromatic heterocycles. The van der Waals surface area contributed by atoms with Crippen LogP contribution in [0.2, 0.25) is 0 Å². The van der Waals surface area contributed by atoms with Crippen LogP contribution in [-0.2, 0) is 14.3 Å². The van der Waals surface area contributed by atoms with Crippen LogP contribution < -0.4 is 0 Å². The van der Waals surface area contributed by atoms with Gasteiger partial charge in [-0.1, -0.05) is 12.1 Å². The van der Waals surface area contributed by atoms with Gasteiger partial charge in [-0.25, -0.2) is 9.18 Å². The number of amides is 1. The fourth-order valence-corrected chi connectivity index (χ4v) is 2.65. The van der Waals surface area contributed by atoms with Gasteiger partial charge in [0.15, 0.2) is 0 Å². The summed E-state index contributed by atoms with van der Waals surface area (Å²) in [5.41, 5.74) is 0.912. The van der Waals surface area contributed by atoms with Crippen molar-refractivity contribution in [1.29, 1.82) is 0 Å². The van der Waals surface area contributed by atoms with E-state index in [1.165, 1.54) is 12.1 Å². The zero-order valence-electron chi connectivity index (χ0n) is 13.1. The molecule has 1 amide bonds. The number of carbonyl (C=O) groups excluding carboxylic acids is 1. The molecule has 1 N–H and O–H groups in total. The molecule has 7 heteroatoms.